The third kappa shape index (κ3) is 15.9. The lowest BCUT2D eigenvalue weighted by molar-refractivity contribution is -0.142. The minimum atomic E-state index is -1.19. The number of amides is 3. The van der Waals surface area contributed by atoms with E-state index in [-0.39, 0.29) is 39.2 Å². The van der Waals surface area contributed by atoms with Crippen molar-refractivity contribution in [3.63, 3.8) is 0 Å². The Bertz CT molecular complexity index is 974. The van der Waals surface area contributed by atoms with E-state index in [0.29, 0.717) is 51.6 Å². The van der Waals surface area contributed by atoms with Gasteiger partial charge in [-0.25, -0.2) is 4.79 Å². The molecule has 0 saturated heterocycles. The van der Waals surface area contributed by atoms with Gasteiger partial charge in [-0.15, -0.1) is 0 Å². The summed E-state index contributed by atoms with van der Waals surface area (Å²) < 4.78 is 0. The van der Waals surface area contributed by atoms with Crippen molar-refractivity contribution in [2.24, 2.45) is 33.7 Å². The molecular weight excluding hydrogens is 542 g/mol. The van der Waals surface area contributed by atoms with Gasteiger partial charge in [-0.2, -0.15) is 0 Å². The first-order valence-electron chi connectivity index (χ1n) is 14.0. The largest absolute Gasteiger partial charge is 0.480 e. The van der Waals surface area contributed by atoms with E-state index in [1.165, 1.54) is 0 Å². The third-order valence-corrected chi connectivity index (χ3v) is 6.36. The van der Waals surface area contributed by atoms with Gasteiger partial charge in [0, 0.05) is 13.0 Å². The van der Waals surface area contributed by atoms with Crippen LogP contribution in [-0.2, 0) is 25.6 Å². The van der Waals surface area contributed by atoms with Crippen LogP contribution in [0.4, 0.5) is 0 Å². The molecule has 1 rings (SSSR count). The number of hydrogen-bond acceptors (Lipinski definition) is 8. The Labute approximate surface area is 248 Å². The maximum absolute atomic E-state index is 13.4. The molecule has 0 aliphatic carbocycles. The van der Waals surface area contributed by atoms with Gasteiger partial charge in [0.15, 0.2) is 5.96 Å². The number of aliphatic imine (C=N–C) groups is 1. The number of nitrogens with two attached hydrogens (primary N) is 5. The molecule has 42 heavy (non-hydrogen) atoms. The molecule has 0 fully saturated rings. The van der Waals surface area contributed by atoms with Gasteiger partial charge >= 0.3 is 5.97 Å². The molecule has 0 aliphatic heterocycles. The van der Waals surface area contributed by atoms with E-state index >= 15 is 0 Å². The molecule has 14 nitrogen and oxygen atoms in total. The Morgan fingerprint density at radius 2 is 1.26 bits per heavy atom. The quantitative estimate of drug-likeness (QED) is 0.0478. The lowest BCUT2D eigenvalue weighted by Gasteiger charge is -2.25. The topological polar surface area (TPSA) is 267 Å². The van der Waals surface area contributed by atoms with Crippen LogP contribution >= 0.6 is 0 Å². The average molecular weight is 594 g/mol. The van der Waals surface area contributed by atoms with Crippen molar-refractivity contribution >= 4 is 29.7 Å². The average Bonchev–Trinajstić information content (AvgIpc) is 2.93. The number of carbonyl (C=O) groups excluding carboxylic acids is 3. The van der Waals surface area contributed by atoms with Gasteiger partial charge in [0.05, 0.1) is 6.04 Å². The van der Waals surface area contributed by atoms with E-state index in [1.807, 2.05) is 6.07 Å². The van der Waals surface area contributed by atoms with Crippen molar-refractivity contribution < 1.29 is 24.3 Å². The molecule has 0 radical (unpaired) electrons. The zero-order chi connectivity index (χ0) is 30.6. The molecule has 0 spiro atoms. The summed E-state index contributed by atoms with van der Waals surface area (Å²) in [6.45, 7) is 1.10. The van der Waals surface area contributed by atoms with Crippen LogP contribution in [0.3, 0.4) is 0 Å². The first-order valence-corrected chi connectivity index (χ1v) is 14.0. The minimum Gasteiger partial charge on any atom is -0.480 e. The van der Waals surface area contributed by atoms with E-state index < -0.39 is 47.9 Å². The van der Waals surface area contributed by atoms with Gasteiger partial charge in [0.25, 0.3) is 0 Å². The van der Waals surface area contributed by atoms with Gasteiger partial charge in [-0.1, -0.05) is 44.2 Å². The summed E-state index contributed by atoms with van der Waals surface area (Å²) in [7, 11) is 0. The molecule has 3 amide bonds. The van der Waals surface area contributed by atoms with E-state index in [2.05, 4.69) is 20.9 Å². The predicted molar refractivity (Wildman–Crippen MR) is 164 cm³/mol. The van der Waals surface area contributed by atoms with Gasteiger partial charge < -0.3 is 49.7 Å². The molecule has 4 atom stereocenters. The summed E-state index contributed by atoms with van der Waals surface area (Å²) in [5.74, 6) is -3.08. The third-order valence-electron chi connectivity index (χ3n) is 6.36. The van der Waals surface area contributed by atoms with Crippen molar-refractivity contribution in [1.29, 1.82) is 0 Å². The molecule has 238 valence electrons. The van der Waals surface area contributed by atoms with Gasteiger partial charge in [-0.3, -0.25) is 19.4 Å². The van der Waals surface area contributed by atoms with E-state index in [4.69, 9.17) is 28.7 Å². The second-order valence-electron chi connectivity index (χ2n) is 9.84. The number of carboxylic acid groups (broad SMARTS) is 1. The number of hydrogen-bond donors (Lipinski definition) is 9. The van der Waals surface area contributed by atoms with Crippen LogP contribution in [0.5, 0.6) is 0 Å². The monoisotopic (exact) mass is 593 g/mol. The molecule has 0 aliphatic rings. The number of nitrogens with zero attached hydrogens (tertiary/aromatic N) is 1. The lowest BCUT2D eigenvalue weighted by Crippen LogP contribution is -2.57. The van der Waals surface area contributed by atoms with Crippen molar-refractivity contribution in [1.82, 2.24) is 16.0 Å². The van der Waals surface area contributed by atoms with Gasteiger partial charge in [-0.05, 0) is 63.6 Å². The second kappa shape index (κ2) is 21.9. The highest BCUT2D eigenvalue weighted by Gasteiger charge is 2.30. The second-order valence-corrected chi connectivity index (χ2v) is 9.84. The summed E-state index contributed by atoms with van der Waals surface area (Å²) in [5.41, 5.74) is 28.5. The van der Waals surface area contributed by atoms with Crippen LogP contribution in [0.25, 0.3) is 0 Å². The Balaban J connectivity index is 0.0000168. The first kappa shape index (κ1) is 38.2. The molecule has 0 aromatic heterocycles. The SMILES string of the molecule is C.NCCCC[C@H](NC(=O)[C@H](Cc1ccccc1)NC(=O)[C@H](CCCN=C(N)N)NC(=O)[C@@H](N)CCCCN)C(=O)O. The summed E-state index contributed by atoms with van der Waals surface area (Å²) in [5, 5.41) is 17.5. The molecule has 0 heterocycles. The number of nitrogens with one attached hydrogen (secondary N) is 3. The molecule has 0 saturated carbocycles. The Hall–Kier alpha value is -3.75. The molecule has 0 bridgehead atoms. The van der Waals surface area contributed by atoms with E-state index in [0.717, 1.165) is 5.56 Å². The maximum Gasteiger partial charge on any atom is 0.326 e. The van der Waals surface area contributed by atoms with Gasteiger partial charge in [0.2, 0.25) is 17.7 Å². The van der Waals surface area contributed by atoms with Crippen molar-refractivity contribution in [2.45, 2.75) is 89.4 Å². The van der Waals surface area contributed by atoms with E-state index in [9.17, 15) is 24.3 Å². The fraction of sp³-hybridized carbons (Fsp3) is 0.607. The highest BCUT2D eigenvalue weighted by atomic mass is 16.4. The first-order chi connectivity index (χ1) is 19.6. The normalized spacial score (nSPS) is 13.4. The zero-order valence-corrected chi connectivity index (χ0v) is 23.6. The predicted octanol–water partition coefficient (Wildman–Crippen LogP) is -0.957. The highest BCUT2D eigenvalue weighted by molar-refractivity contribution is 5.94. The summed E-state index contributed by atoms with van der Waals surface area (Å²) in [6.07, 6.45) is 3.70. The molecule has 1 aromatic rings. The standard InChI is InChI=1S/C27H47N9O5.CH4/c28-14-6-4-11-19(30)23(37)34-20(13-8-16-33-27(31)32)24(38)36-22(17-18-9-2-1-3-10-18)25(39)35-21(26(40)41)12-5-7-15-29;/h1-3,9-10,19-22H,4-8,11-17,28-30H2,(H,34,37)(H,35,39)(H,36,38)(H,40,41)(H4,31,32,33);1H4/t19-,20-,21-,22-;/m0./s1. The molecule has 14 N–H and O–H groups in total. The maximum atomic E-state index is 13.4. The number of carboxylic acids is 1. The molecule has 1 aromatic carbocycles. The zero-order valence-electron chi connectivity index (χ0n) is 23.6. The summed E-state index contributed by atoms with van der Waals surface area (Å²) >= 11 is 0. The number of rotatable bonds is 21. The van der Waals surface area contributed by atoms with Gasteiger partial charge in [0.1, 0.15) is 18.1 Å². The van der Waals surface area contributed by atoms with Crippen molar-refractivity contribution in [3.8, 4) is 0 Å². The molecular formula is C28H51N9O5. The summed E-state index contributed by atoms with van der Waals surface area (Å²) in [6, 6.07) is 4.83. The van der Waals surface area contributed by atoms with Crippen molar-refractivity contribution in [2.75, 3.05) is 19.6 Å². The molecule has 0 unspecified atom stereocenters. The number of unbranched alkanes of at least 4 members (excludes halogenated alkanes) is 2. The van der Waals surface area contributed by atoms with Crippen molar-refractivity contribution in [3.05, 3.63) is 35.9 Å². The van der Waals surface area contributed by atoms with Crippen LogP contribution in [-0.4, -0.2) is 78.6 Å². The lowest BCUT2D eigenvalue weighted by atomic mass is 10.0. The highest BCUT2D eigenvalue weighted by Crippen LogP contribution is 2.08. The fourth-order valence-electron chi connectivity index (χ4n) is 4.04. The Kier molecular flexibility index (Phi) is 20.0. The number of guanidine groups is 1. The fourth-order valence-corrected chi connectivity index (χ4v) is 4.04. The number of aliphatic carboxylic acids is 1. The van der Waals surface area contributed by atoms with Crippen LogP contribution in [0.1, 0.15) is 64.4 Å². The Morgan fingerprint density at radius 1 is 0.738 bits per heavy atom. The molecule has 14 heteroatoms. The van der Waals surface area contributed by atoms with Crippen LogP contribution < -0.4 is 44.6 Å². The summed E-state index contributed by atoms with van der Waals surface area (Å²) in [4.78, 5) is 55.2. The van der Waals surface area contributed by atoms with Crippen LogP contribution in [0.15, 0.2) is 35.3 Å². The smallest absolute Gasteiger partial charge is 0.326 e. The van der Waals surface area contributed by atoms with Crippen LogP contribution in [0.2, 0.25) is 0 Å². The van der Waals surface area contributed by atoms with E-state index in [1.54, 1.807) is 24.3 Å². The van der Waals surface area contributed by atoms with Crippen LogP contribution in [0, 0.1) is 0 Å². The Morgan fingerprint density at radius 3 is 1.83 bits per heavy atom. The number of carbonyl (C=O) groups is 4. The number of benzene rings is 1. The minimum absolute atomic E-state index is 0.